The molecule has 1 saturated heterocycles. The minimum absolute atomic E-state index is 0.00367. The number of nitrogens with zero attached hydrogens (tertiary/aromatic N) is 2. The molecule has 23 heavy (non-hydrogen) atoms. The van der Waals surface area contributed by atoms with Gasteiger partial charge >= 0.3 is 0 Å². The number of benzene rings is 1. The highest BCUT2D eigenvalue weighted by molar-refractivity contribution is 5.78. The molecular formula is C17H25FN2O3. The van der Waals surface area contributed by atoms with E-state index in [-0.39, 0.29) is 24.2 Å². The van der Waals surface area contributed by atoms with Crippen LogP contribution in [0.2, 0.25) is 0 Å². The number of hydrogen-bond donors (Lipinski definition) is 1. The van der Waals surface area contributed by atoms with E-state index in [1.165, 1.54) is 24.3 Å². The van der Waals surface area contributed by atoms with Crippen LogP contribution >= 0.6 is 0 Å². The summed E-state index contributed by atoms with van der Waals surface area (Å²) >= 11 is 0. The van der Waals surface area contributed by atoms with Crippen LogP contribution in [0.4, 0.5) is 4.39 Å². The standard InChI is InChI=1S/C17H25FN2O3/c1-19(2)17(22)13-4-3-9-20(10-13)11-15(21)12-23-16-7-5-14(18)6-8-16/h5-8,13,15,21H,3-4,9-12H2,1-2H3. The van der Waals surface area contributed by atoms with E-state index in [0.717, 1.165) is 19.4 Å². The molecule has 2 atom stereocenters. The molecule has 0 bridgehead atoms. The van der Waals surface area contributed by atoms with Gasteiger partial charge in [-0.3, -0.25) is 9.69 Å². The molecule has 0 saturated carbocycles. The van der Waals surface area contributed by atoms with Crippen molar-refractivity contribution >= 4 is 5.91 Å². The van der Waals surface area contributed by atoms with E-state index < -0.39 is 6.10 Å². The maximum absolute atomic E-state index is 12.8. The first-order valence-corrected chi connectivity index (χ1v) is 7.95. The second-order valence-corrected chi connectivity index (χ2v) is 6.25. The number of amides is 1. The van der Waals surface area contributed by atoms with Gasteiger partial charge in [-0.05, 0) is 43.7 Å². The summed E-state index contributed by atoms with van der Waals surface area (Å²) in [5, 5.41) is 10.1. The van der Waals surface area contributed by atoms with Crippen LogP contribution in [0.25, 0.3) is 0 Å². The van der Waals surface area contributed by atoms with Gasteiger partial charge in [0.25, 0.3) is 0 Å². The molecule has 1 aromatic carbocycles. The Morgan fingerprint density at radius 3 is 2.78 bits per heavy atom. The van der Waals surface area contributed by atoms with Crippen molar-refractivity contribution in [2.24, 2.45) is 5.92 Å². The molecule has 0 aromatic heterocycles. The molecule has 5 nitrogen and oxygen atoms in total. The predicted octanol–water partition coefficient (Wildman–Crippen LogP) is 1.37. The number of halogens is 1. The summed E-state index contributed by atoms with van der Waals surface area (Å²) in [6, 6.07) is 5.72. The van der Waals surface area contributed by atoms with Crippen LogP contribution in [0.1, 0.15) is 12.8 Å². The Labute approximate surface area is 136 Å². The number of carbonyl (C=O) groups is 1. The Morgan fingerprint density at radius 1 is 1.43 bits per heavy atom. The zero-order valence-electron chi connectivity index (χ0n) is 13.7. The first-order valence-electron chi connectivity index (χ1n) is 7.95. The summed E-state index contributed by atoms with van der Waals surface area (Å²) in [5.74, 6) is 0.364. The molecule has 2 unspecified atom stereocenters. The van der Waals surface area contributed by atoms with E-state index in [4.69, 9.17) is 4.74 Å². The van der Waals surface area contributed by atoms with Crippen molar-refractivity contribution in [2.75, 3.05) is 40.3 Å². The number of hydrogen-bond acceptors (Lipinski definition) is 4. The van der Waals surface area contributed by atoms with Gasteiger partial charge in [0.05, 0.1) is 5.92 Å². The molecule has 0 spiro atoms. The zero-order valence-corrected chi connectivity index (χ0v) is 13.7. The molecule has 0 aliphatic carbocycles. The highest BCUT2D eigenvalue weighted by Crippen LogP contribution is 2.18. The van der Waals surface area contributed by atoms with E-state index in [1.807, 2.05) is 0 Å². The average molecular weight is 324 g/mol. The number of ether oxygens (including phenoxy) is 1. The Morgan fingerprint density at radius 2 is 2.13 bits per heavy atom. The SMILES string of the molecule is CN(C)C(=O)C1CCCN(CC(O)COc2ccc(F)cc2)C1. The van der Waals surface area contributed by atoms with Crippen molar-refractivity contribution in [1.82, 2.24) is 9.80 Å². The van der Waals surface area contributed by atoms with E-state index in [9.17, 15) is 14.3 Å². The van der Waals surface area contributed by atoms with Crippen LogP contribution in [-0.4, -0.2) is 67.3 Å². The van der Waals surface area contributed by atoms with Gasteiger partial charge < -0.3 is 14.7 Å². The van der Waals surface area contributed by atoms with Gasteiger partial charge in [-0.15, -0.1) is 0 Å². The molecule has 1 N–H and O–H groups in total. The van der Waals surface area contributed by atoms with E-state index in [2.05, 4.69) is 4.90 Å². The van der Waals surface area contributed by atoms with E-state index >= 15 is 0 Å². The summed E-state index contributed by atoms with van der Waals surface area (Å²) in [4.78, 5) is 15.8. The smallest absolute Gasteiger partial charge is 0.226 e. The lowest BCUT2D eigenvalue weighted by molar-refractivity contribution is -0.135. The molecule has 1 aliphatic heterocycles. The second kappa shape index (κ2) is 8.26. The lowest BCUT2D eigenvalue weighted by atomic mass is 9.96. The lowest BCUT2D eigenvalue weighted by Crippen LogP contribution is -2.46. The second-order valence-electron chi connectivity index (χ2n) is 6.25. The summed E-state index contributed by atoms with van der Waals surface area (Å²) in [5.41, 5.74) is 0. The largest absolute Gasteiger partial charge is 0.491 e. The fourth-order valence-corrected chi connectivity index (χ4v) is 2.86. The zero-order chi connectivity index (χ0) is 16.8. The van der Waals surface area contributed by atoms with Crippen molar-refractivity contribution in [3.05, 3.63) is 30.1 Å². The van der Waals surface area contributed by atoms with Gasteiger partial charge in [0, 0.05) is 27.2 Å². The molecule has 1 fully saturated rings. The number of likely N-dealkylation sites (tertiary alicyclic amines) is 1. The van der Waals surface area contributed by atoms with Crippen molar-refractivity contribution in [3.8, 4) is 5.75 Å². The van der Waals surface area contributed by atoms with Gasteiger partial charge in [0.1, 0.15) is 24.3 Å². The van der Waals surface area contributed by atoms with Gasteiger partial charge in [-0.2, -0.15) is 0 Å². The van der Waals surface area contributed by atoms with Gasteiger partial charge in [-0.1, -0.05) is 0 Å². The maximum Gasteiger partial charge on any atom is 0.226 e. The Bertz CT molecular complexity index is 507. The quantitative estimate of drug-likeness (QED) is 0.859. The molecule has 1 aromatic rings. The maximum atomic E-state index is 12.8. The summed E-state index contributed by atoms with van der Waals surface area (Å²) in [6.07, 6.45) is 1.21. The molecule has 128 valence electrons. The molecule has 1 aliphatic rings. The topological polar surface area (TPSA) is 53.0 Å². The fourth-order valence-electron chi connectivity index (χ4n) is 2.86. The lowest BCUT2D eigenvalue weighted by Gasteiger charge is -2.34. The molecule has 1 amide bonds. The average Bonchev–Trinajstić information content (AvgIpc) is 2.53. The molecule has 6 heteroatoms. The number of aliphatic hydroxyl groups is 1. The van der Waals surface area contributed by atoms with Crippen LogP contribution in [0.3, 0.4) is 0 Å². The minimum atomic E-state index is -0.645. The third-order valence-electron chi connectivity index (χ3n) is 4.02. The van der Waals surface area contributed by atoms with E-state index in [1.54, 1.807) is 19.0 Å². The monoisotopic (exact) mass is 324 g/mol. The van der Waals surface area contributed by atoms with E-state index in [0.29, 0.717) is 18.8 Å². The number of carbonyl (C=O) groups excluding carboxylic acids is 1. The first kappa shape index (κ1) is 17.7. The van der Waals surface area contributed by atoms with Crippen LogP contribution in [-0.2, 0) is 4.79 Å². The van der Waals surface area contributed by atoms with Gasteiger partial charge in [-0.25, -0.2) is 4.39 Å². The van der Waals surface area contributed by atoms with Gasteiger partial charge in [0.2, 0.25) is 5.91 Å². The third kappa shape index (κ3) is 5.48. The molecule has 2 rings (SSSR count). The van der Waals surface area contributed by atoms with Crippen molar-refractivity contribution in [2.45, 2.75) is 18.9 Å². The highest BCUT2D eigenvalue weighted by atomic mass is 19.1. The normalized spacial score (nSPS) is 20.1. The summed E-state index contributed by atoms with van der Waals surface area (Å²) in [7, 11) is 3.54. The van der Waals surface area contributed by atoms with Crippen LogP contribution in [0.5, 0.6) is 5.75 Å². The first-order chi connectivity index (χ1) is 11.0. The Hall–Kier alpha value is -1.66. The number of β-amino-alcohol motifs (C(OH)–C–C–N with tert-alkyl or cyclic N) is 1. The van der Waals surface area contributed by atoms with Crippen molar-refractivity contribution in [3.63, 3.8) is 0 Å². The predicted molar refractivity (Wildman–Crippen MR) is 85.8 cm³/mol. The minimum Gasteiger partial charge on any atom is -0.491 e. The third-order valence-corrected chi connectivity index (χ3v) is 4.02. The summed E-state index contributed by atoms with van der Waals surface area (Å²) < 4.78 is 18.3. The van der Waals surface area contributed by atoms with Crippen molar-refractivity contribution < 1.29 is 19.0 Å². The Kier molecular flexibility index (Phi) is 6.36. The van der Waals surface area contributed by atoms with Crippen molar-refractivity contribution in [1.29, 1.82) is 0 Å². The molecule has 0 radical (unpaired) electrons. The Balaban J connectivity index is 1.77. The molecule has 1 heterocycles. The van der Waals surface area contributed by atoms with Gasteiger partial charge in [0.15, 0.2) is 0 Å². The number of aliphatic hydroxyl groups excluding tert-OH is 1. The summed E-state index contributed by atoms with van der Waals surface area (Å²) in [6.45, 7) is 2.17. The van der Waals surface area contributed by atoms with Crippen LogP contribution in [0, 0.1) is 11.7 Å². The number of piperidine rings is 1. The highest BCUT2D eigenvalue weighted by Gasteiger charge is 2.27. The van der Waals surface area contributed by atoms with Crippen LogP contribution < -0.4 is 4.74 Å². The molecular weight excluding hydrogens is 299 g/mol. The number of rotatable bonds is 6. The fraction of sp³-hybridized carbons (Fsp3) is 0.588. The van der Waals surface area contributed by atoms with Crippen LogP contribution in [0.15, 0.2) is 24.3 Å².